The average molecular weight is 315 g/mol. The number of methoxy groups -OCH3 is 2. The second-order valence-corrected chi connectivity index (χ2v) is 4.81. The minimum Gasteiger partial charge on any atom is -0.489 e. The maximum atomic E-state index is 11.3. The van der Waals surface area contributed by atoms with Gasteiger partial charge in [-0.3, -0.25) is 0 Å². The zero-order chi connectivity index (χ0) is 15.8. The van der Waals surface area contributed by atoms with Gasteiger partial charge in [-0.25, -0.2) is 9.00 Å². The van der Waals surface area contributed by atoms with Gasteiger partial charge in [0, 0.05) is 13.2 Å². The largest absolute Gasteiger partial charge is 0.489 e. The van der Waals surface area contributed by atoms with Gasteiger partial charge in [0.05, 0.1) is 24.3 Å². The van der Waals surface area contributed by atoms with Gasteiger partial charge in [0.15, 0.2) is 11.1 Å². The van der Waals surface area contributed by atoms with Crippen LogP contribution in [0.15, 0.2) is 23.1 Å². The van der Waals surface area contributed by atoms with Gasteiger partial charge in [0.25, 0.3) is 0 Å². The highest BCUT2D eigenvalue weighted by Crippen LogP contribution is 2.28. The van der Waals surface area contributed by atoms with Crippen LogP contribution in [0.5, 0.6) is 5.75 Å². The van der Waals surface area contributed by atoms with Crippen LogP contribution in [-0.4, -0.2) is 42.2 Å². The third kappa shape index (κ3) is 5.18. The van der Waals surface area contributed by atoms with E-state index in [4.69, 9.17) is 15.2 Å². The Bertz CT molecular complexity index is 558. The van der Waals surface area contributed by atoms with E-state index < -0.39 is 17.0 Å². The molecule has 0 fully saturated rings. The zero-order valence-corrected chi connectivity index (χ0v) is 12.5. The van der Waals surface area contributed by atoms with Gasteiger partial charge in [0.2, 0.25) is 0 Å². The third-order valence-electron chi connectivity index (χ3n) is 2.48. The average Bonchev–Trinajstić information content (AvgIpc) is 2.46. The van der Waals surface area contributed by atoms with Crippen LogP contribution >= 0.6 is 0 Å². The topological polar surface area (TPSA) is 108 Å². The Morgan fingerprint density at radius 1 is 1.38 bits per heavy atom. The molecule has 0 spiro atoms. The number of anilines is 1. The third-order valence-corrected chi connectivity index (χ3v) is 3.21. The summed E-state index contributed by atoms with van der Waals surface area (Å²) >= 11 is -2.25. The van der Waals surface area contributed by atoms with Gasteiger partial charge in [-0.2, -0.15) is 0 Å². The summed E-state index contributed by atoms with van der Waals surface area (Å²) in [6.07, 6.45) is 2.50. The van der Waals surface area contributed by atoms with E-state index in [1.165, 1.54) is 32.4 Å². The predicted octanol–water partition coefficient (Wildman–Crippen LogP) is 1.06. The predicted molar refractivity (Wildman–Crippen MR) is 78.3 cm³/mol. The quantitative estimate of drug-likeness (QED) is 0.255. The van der Waals surface area contributed by atoms with E-state index in [1.807, 2.05) is 0 Å². The summed E-state index contributed by atoms with van der Waals surface area (Å²) in [5.74, 6) is -0.242. The van der Waals surface area contributed by atoms with Gasteiger partial charge in [-0.15, -0.1) is 0 Å². The molecule has 0 radical (unpaired) electrons. The molecule has 3 N–H and O–H groups in total. The SMILES string of the molecule is COCCOc1cc(/C=C/C(=O)OC)c(S(=O)O)cc1N. The summed E-state index contributed by atoms with van der Waals surface area (Å²) in [5, 5.41) is 0. The molecule has 0 aliphatic rings. The van der Waals surface area contributed by atoms with Crippen LogP contribution < -0.4 is 10.5 Å². The second-order valence-electron chi connectivity index (χ2n) is 3.87. The number of hydrogen-bond acceptors (Lipinski definition) is 6. The molecular formula is C13H17NO6S. The standard InChI is InChI=1S/C13H17NO6S/c1-18-5-6-20-11-7-9(3-4-13(15)19-2)12(21(16)17)8-10(11)14/h3-4,7-8H,5-6,14H2,1-2H3,(H,16,17)/b4-3+. The van der Waals surface area contributed by atoms with Crippen LogP contribution in [0, 0.1) is 0 Å². The van der Waals surface area contributed by atoms with Crippen molar-refractivity contribution in [2.45, 2.75) is 4.90 Å². The van der Waals surface area contributed by atoms with Crippen LogP contribution in [0.1, 0.15) is 5.56 Å². The van der Waals surface area contributed by atoms with Gasteiger partial charge >= 0.3 is 5.97 Å². The number of nitrogen functional groups attached to an aromatic ring is 1. The summed E-state index contributed by atoms with van der Waals surface area (Å²) in [4.78, 5) is 11.2. The normalized spacial score (nSPS) is 12.3. The van der Waals surface area contributed by atoms with Crippen molar-refractivity contribution in [3.8, 4) is 5.75 Å². The number of hydrogen-bond donors (Lipinski definition) is 2. The minimum absolute atomic E-state index is 0.0757. The van der Waals surface area contributed by atoms with Crippen molar-refractivity contribution < 1.29 is 27.8 Å². The molecule has 0 aromatic heterocycles. The van der Waals surface area contributed by atoms with Crippen molar-refractivity contribution in [3.05, 3.63) is 23.8 Å². The number of esters is 1. The fraction of sp³-hybridized carbons (Fsp3) is 0.308. The number of ether oxygens (including phenoxy) is 3. The monoisotopic (exact) mass is 315 g/mol. The maximum Gasteiger partial charge on any atom is 0.330 e. The van der Waals surface area contributed by atoms with Crippen LogP contribution in [0.2, 0.25) is 0 Å². The molecule has 0 bridgehead atoms. The molecule has 1 atom stereocenters. The molecule has 0 saturated heterocycles. The van der Waals surface area contributed by atoms with E-state index in [2.05, 4.69) is 4.74 Å². The number of benzene rings is 1. The van der Waals surface area contributed by atoms with Crippen molar-refractivity contribution in [2.75, 3.05) is 33.2 Å². The molecule has 0 aliphatic carbocycles. The Hall–Kier alpha value is -1.90. The molecule has 1 rings (SSSR count). The highest BCUT2D eigenvalue weighted by atomic mass is 32.2. The minimum atomic E-state index is -2.25. The fourth-order valence-corrected chi connectivity index (χ4v) is 2.02. The van der Waals surface area contributed by atoms with Crippen LogP contribution in [-0.2, 0) is 25.3 Å². The number of nitrogens with two attached hydrogens (primary N) is 1. The summed E-state index contributed by atoms with van der Waals surface area (Å²) in [6.45, 7) is 0.656. The molecule has 7 nitrogen and oxygen atoms in total. The number of carbonyl (C=O) groups excluding carboxylic acids is 1. The lowest BCUT2D eigenvalue weighted by Gasteiger charge is -2.11. The highest BCUT2D eigenvalue weighted by molar-refractivity contribution is 7.79. The van der Waals surface area contributed by atoms with Crippen molar-refractivity contribution in [1.82, 2.24) is 0 Å². The molecule has 116 valence electrons. The maximum absolute atomic E-state index is 11.3. The lowest BCUT2D eigenvalue weighted by atomic mass is 10.1. The smallest absolute Gasteiger partial charge is 0.330 e. The lowest BCUT2D eigenvalue weighted by molar-refractivity contribution is -0.134. The number of rotatable bonds is 7. The van der Waals surface area contributed by atoms with E-state index in [-0.39, 0.29) is 17.2 Å². The van der Waals surface area contributed by atoms with E-state index in [9.17, 15) is 13.6 Å². The summed E-state index contributed by atoms with van der Waals surface area (Å²) < 4.78 is 35.3. The second kappa shape index (κ2) is 8.40. The van der Waals surface area contributed by atoms with E-state index in [1.54, 1.807) is 0 Å². The molecule has 0 heterocycles. The Morgan fingerprint density at radius 3 is 2.67 bits per heavy atom. The van der Waals surface area contributed by atoms with Crippen molar-refractivity contribution in [2.24, 2.45) is 0 Å². The summed E-state index contributed by atoms with van der Waals surface area (Å²) in [7, 11) is 2.77. The lowest BCUT2D eigenvalue weighted by Crippen LogP contribution is -2.07. The van der Waals surface area contributed by atoms with Crippen LogP contribution in [0.3, 0.4) is 0 Å². The first-order chi connectivity index (χ1) is 9.99. The molecule has 0 aliphatic heterocycles. The molecule has 1 unspecified atom stereocenters. The van der Waals surface area contributed by atoms with Gasteiger partial charge in [0.1, 0.15) is 12.4 Å². The molecule has 1 aromatic rings. The first-order valence-corrected chi connectivity index (χ1v) is 7.02. The molecule has 8 heteroatoms. The molecular weight excluding hydrogens is 298 g/mol. The summed E-state index contributed by atoms with van der Waals surface area (Å²) in [5.41, 5.74) is 6.32. The summed E-state index contributed by atoms with van der Waals surface area (Å²) in [6, 6.07) is 2.81. The number of carbonyl (C=O) groups is 1. The van der Waals surface area contributed by atoms with E-state index >= 15 is 0 Å². The molecule has 0 amide bonds. The fourth-order valence-electron chi connectivity index (χ4n) is 1.46. The van der Waals surface area contributed by atoms with Gasteiger partial charge in [-0.1, -0.05) is 0 Å². The van der Waals surface area contributed by atoms with Crippen molar-refractivity contribution >= 4 is 28.8 Å². The van der Waals surface area contributed by atoms with E-state index in [0.717, 1.165) is 6.08 Å². The van der Waals surface area contributed by atoms with Gasteiger partial charge < -0.3 is 24.5 Å². The molecule has 21 heavy (non-hydrogen) atoms. The van der Waals surface area contributed by atoms with Crippen LogP contribution in [0.25, 0.3) is 6.08 Å². The Labute approximate surface area is 125 Å². The molecule has 0 saturated carbocycles. The van der Waals surface area contributed by atoms with Crippen molar-refractivity contribution in [3.63, 3.8) is 0 Å². The Balaban J connectivity index is 3.11. The zero-order valence-electron chi connectivity index (χ0n) is 11.7. The Kier molecular flexibility index (Phi) is 6.86. The Morgan fingerprint density at radius 2 is 2.10 bits per heavy atom. The van der Waals surface area contributed by atoms with Crippen molar-refractivity contribution in [1.29, 1.82) is 0 Å². The molecule has 1 aromatic carbocycles. The first-order valence-electron chi connectivity index (χ1n) is 5.91. The highest BCUT2D eigenvalue weighted by Gasteiger charge is 2.12. The first kappa shape index (κ1) is 17.2. The van der Waals surface area contributed by atoms with Crippen LogP contribution in [0.4, 0.5) is 5.69 Å². The van der Waals surface area contributed by atoms with E-state index in [0.29, 0.717) is 17.9 Å². The van der Waals surface area contributed by atoms with Gasteiger partial charge in [-0.05, 0) is 23.8 Å².